The van der Waals surface area contributed by atoms with Crippen LogP contribution in [-0.4, -0.2) is 69.4 Å². The van der Waals surface area contributed by atoms with Crippen LogP contribution in [0, 0.1) is 10.1 Å². The van der Waals surface area contributed by atoms with Gasteiger partial charge in [0.15, 0.2) is 0 Å². The average Bonchev–Trinajstić information content (AvgIpc) is 3.22. The Bertz CT molecular complexity index is 935. The van der Waals surface area contributed by atoms with E-state index in [0.29, 0.717) is 24.7 Å². The normalized spacial score (nSPS) is 26.4. The van der Waals surface area contributed by atoms with Gasteiger partial charge in [0.25, 0.3) is 5.69 Å². The first-order chi connectivity index (χ1) is 14.5. The Morgan fingerprint density at radius 1 is 1.26 bits per heavy atom. The number of piperazine rings is 1. The van der Waals surface area contributed by atoms with Crippen LogP contribution in [0.3, 0.4) is 0 Å². The lowest BCUT2D eigenvalue weighted by Gasteiger charge is -2.38. The third-order valence-corrected chi connectivity index (χ3v) is 7.67. The Morgan fingerprint density at radius 2 is 1.94 bits per heavy atom. The minimum absolute atomic E-state index is 0.0233. The summed E-state index contributed by atoms with van der Waals surface area (Å²) in [5.74, 6) is 0.365. The highest BCUT2D eigenvalue weighted by atomic mass is 32.2. The van der Waals surface area contributed by atoms with E-state index in [1.165, 1.54) is 0 Å². The average molecular weight is 458 g/mol. The van der Waals surface area contributed by atoms with Crippen LogP contribution in [0.25, 0.3) is 0 Å². The molecule has 12 heteroatoms. The number of hydrogen-bond donors (Lipinski definition) is 0. The predicted octanol–water partition coefficient (Wildman–Crippen LogP) is 2.72. The number of halogens is 3. The van der Waals surface area contributed by atoms with Crippen molar-refractivity contribution in [2.75, 3.05) is 36.8 Å². The van der Waals surface area contributed by atoms with Crippen molar-refractivity contribution in [1.82, 2.24) is 9.80 Å². The van der Waals surface area contributed by atoms with E-state index in [4.69, 9.17) is 0 Å². The Kier molecular flexibility index (Phi) is 5.31. The van der Waals surface area contributed by atoms with Crippen molar-refractivity contribution in [3.63, 3.8) is 0 Å². The van der Waals surface area contributed by atoms with Crippen LogP contribution < -0.4 is 4.90 Å². The molecule has 0 saturated carbocycles. The van der Waals surface area contributed by atoms with Gasteiger partial charge in [0, 0.05) is 44.4 Å². The molecule has 3 heterocycles. The second-order valence-electron chi connectivity index (χ2n) is 8.04. The van der Waals surface area contributed by atoms with E-state index in [-0.39, 0.29) is 48.6 Å². The second kappa shape index (κ2) is 7.57. The number of alkyl halides is 3. The fourth-order valence-electron chi connectivity index (χ4n) is 4.50. The highest BCUT2D eigenvalue weighted by Crippen LogP contribution is 2.47. The van der Waals surface area contributed by atoms with E-state index >= 15 is 0 Å². The summed E-state index contributed by atoms with van der Waals surface area (Å²) in [6.07, 6.45) is -3.53. The number of nitro groups is 1. The Labute approximate surface area is 180 Å². The molecule has 0 spiro atoms. The number of fused-ring (bicyclic) bond motifs is 1. The van der Waals surface area contributed by atoms with E-state index in [2.05, 4.69) is 0 Å². The molecule has 168 valence electrons. The number of thioether (sulfide) groups is 1. The lowest BCUT2D eigenvalue weighted by atomic mass is 10.1. The second-order valence-corrected chi connectivity index (χ2v) is 9.54. The van der Waals surface area contributed by atoms with E-state index in [1.54, 1.807) is 26.5 Å². The molecule has 3 aliphatic heterocycles. The third kappa shape index (κ3) is 3.81. The molecule has 0 N–H and O–H groups in total. The highest BCUT2D eigenvalue weighted by molar-refractivity contribution is 8.01. The number of rotatable bonds is 3. The van der Waals surface area contributed by atoms with Crippen molar-refractivity contribution >= 4 is 35.0 Å². The molecular weight excluding hydrogens is 437 g/mol. The Morgan fingerprint density at radius 3 is 2.55 bits per heavy atom. The van der Waals surface area contributed by atoms with Crippen molar-refractivity contribution in [1.29, 1.82) is 0 Å². The molecule has 8 nitrogen and oxygen atoms in total. The van der Waals surface area contributed by atoms with Gasteiger partial charge in [-0.15, -0.1) is 11.8 Å². The zero-order valence-corrected chi connectivity index (χ0v) is 17.5. The van der Waals surface area contributed by atoms with Crippen molar-refractivity contribution in [3.8, 4) is 0 Å². The van der Waals surface area contributed by atoms with Gasteiger partial charge in [0.05, 0.1) is 15.4 Å². The first-order valence-electron chi connectivity index (χ1n) is 9.87. The molecule has 0 aromatic heterocycles. The minimum atomic E-state index is -4.67. The summed E-state index contributed by atoms with van der Waals surface area (Å²) in [5.41, 5.74) is -1.59. The van der Waals surface area contributed by atoms with Crippen molar-refractivity contribution in [3.05, 3.63) is 33.9 Å². The number of hydrogen-bond acceptors (Lipinski definition) is 6. The minimum Gasteiger partial charge on any atom is -0.362 e. The number of nitrogens with zero attached hydrogens (tertiary/aromatic N) is 4. The zero-order valence-electron chi connectivity index (χ0n) is 16.7. The van der Waals surface area contributed by atoms with Gasteiger partial charge in [-0.2, -0.15) is 13.2 Å². The summed E-state index contributed by atoms with van der Waals surface area (Å²) < 4.78 is 38.8. The van der Waals surface area contributed by atoms with Gasteiger partial charge in [-0.05, 0) is 25.5 Å². The van der Waals surface area contributed by atoms with Crippen LogP contribution >= 0.6 is 11.8 Å². The molecule has 1 aromatic carbocycles. The zero-order chi connectivity index (χ0) is 22.6. The molecule has 0 aliphatic carbocycles. The first-order valence-corrected chi connectivity index (χ1v) is 10.9. The smallest absolute Gasteiger partial charge is 0.362 e. The number of anilines is 1. The molecule has 0 unspecified atom stereocenters. The van der Waals surface area contributed by atoms with Crippen molar-refractivity contribution < 1.29 is 27.7 Å². The van der Waals surface area contributed by atoms with E-state index in [0.717, 1.165) is 12.1 Å². The topological polar surface area (TPSA) is 87.0 Å². The fourth-order valence-corrected chi connectivity index (χ4v) is 5.92. The molecule has 3 saturated heterocycles. The van der Waals surface area contributed by atoms with Crippen LogP contribution in [0.5, 0.6) is 0 Å². The van der Waals surface area contributed by atoms with Crippen LogP contribution in [0.2, 0.25) is 0 Å². The molecule has 2 amide bonds. The van der Waals surface area contributed by atoms with Gasteiger partial charge in [-0.3, -0.25) is 19.7 Å². The van der Waals surface area contributed by atoms with Crippen LogP contribution in [-0.2, 0) is 15.8 Å². The largest absolute Gasteiger partial charge is 0.416 e. The Balaban J connectivity index is 1.46. The summed E-state index contributed by atoms with van der Waals surface area (Å²) in [5, 5.41) is 11.4. The first kappa shape index (κ1) is 21.7. The molecule has 31 heavy (non-hydrogen) atoms. The Hall–Kier alpha value is -2.50. The molecule has 3 fully saturated rings. The predicted molar refractivity (Wildman–Crippen MR) is 108 cm³/mol. The lowest BCUT2D eigenvalue weighted by Crippen LogP contribution is -2.56. The quantitative estimate of drug-likeness (QED) is 0.511. The van der Waals surface area contributed by atoms with E-state index < -0.39 is 28.4 Å². The van der Waals surface area contributed by atoms with Crippen LogP contribution in [0.4, 0.5) is 24.5 Å². The molecule has 0 radical (unpaired) electrons. The maximum atomic E-state index is 13.1. The molecule has 2 atom stereocenters. The highest BCUT2D eigenvalue weighted by Gasteiger charge is 2.53. The number of nitro benzene ring substituents is 1. The third-order valence-electron chi connectivity index (χ3n) is 6.16. The molecule has 3 aliphatic rings. The van der Waals surface area contributed by atoms with Crippen LogP contribution in [0.15, 0.2) is 18.2 Å². The van der Waals surface area contributed by atoms with Crippen LogP contribution in [0.1, 0.15) is 25.3 Å². The van der Waals surface area contributed by atoms with Gasteiger partial charge in [-0.1, -0.05) is 0 Å². The SMILES string of the molecule is C[C@@]12CCC(=O)N1[C@@H](C(=O)N1CCN(c3ccc(C(F)(F)F)cc3[N+](=O)[O-])CC1)CS2. The lowest BCUT2D eigenvalue weighted by molar-refractivity contribution is -0.384. The van der Waals surface area contributed by atoms with E-state index in [9.17, 15) is 32.9 Å². The molecule has 1 aromatic rings. The van der Waals surface area contributed by atoms with Gasteiger partial charge in [0.1, 0.15) is 11.7 Å². The number of carbonyl (C=O) groups excluding carboxylic acids is 2. The standard InChI is InChI=1S/C19H21F3N4O4S/c1-18-5-4-16(27)25(18)15(11-31-18)17(28)24-8-6-23(7-9-24)13-3-2-12(19(20,21)22)10-14(13)26(29)30/h2-3,10,15H,4-9,11H2,1H3/t15-,18-/m1/s1. The number of amides is 2. The molecular formula is C19H21F3N4O4S. The summed E-state index contributed by atoms with van der Waals surface area (Å²) in [6, 6.07) is 1.97. The number of carbonyl (C=O) groups is 2. The number of benzene rings is 1. The van der Waals surface area contributed by atoms with Gasteiger partial charge < -0.3 is 14.7 Å². The summed E-state index contributed by atoms with van der Waals surface area (Å²) >= 11 is 1.61. The summed E-state index contributed by atoms with van der Waals surface area (Å²) in [4.78, 5) is 40.5. The van der Waals surface area contributed by atoms with Gasteiger partial charge in [-0.25, -0.2) is 0 Å². The van der Waals surface area contributed by atoms with Gasteiger partial charge in [0.2, 0.25) is 11.8 Å². The fraction of sp³-hybridized carbons (Fsp3) is 0.579. The summed E-state index contributed by atoms with van der Waals surface area (Å²) in [7, 11) is 0. The monoisotopic (exact) mass is 458 g/mol. The van der Waals surface area contributed by atoms with E-state index in [1.807, 2.05) is 6.92 Å². The van der Waals surface area contributed by atoms with Crippen molar-refractivity contribution in [2.45, 2.75) is 36.9 Å². The summed E-state index contributed by atoms with van der Waals surface area (Å²) in [6.45, 7) is 3.03. The van der Waals surface area contributed by atoms with Crippen molar-refractivity contribution in [2.24, 2.45) is 0 Å². The maximum absolute atomic E-state index is 13.1. The maximum Gasteiger partial charge on any atom is 0.416 e. The molecule has 4 rings (SSSR count). The van der Waals surface area contributed by atoms with Gasteiger partial charge >= 0.3 is 6.18 Å². The molecule has 0 bridgehead atoms.